The number of nitrogens with one attached hydrogen (secondary N) is 2. The Morgan fingerprint density at radius 2 is 2.12 bits per heavy atom. The molecule has 1 amide bonds. The number of hydrogen-bond acceptors (Lipinski definition) is 6. The number of anilines is 2. The molecule has 1 aliphatic heterocycles. The van der Waals surface area contributed by atoms with Gasteiger partial charge in [0.15, 0.2) is 5.13 Å². The molecule has 0 aliphatic carbocycles. The second-order valence-electron chi connectivity index (χ2n) is 6.13. The molecule has 2 N–H and O–H groups in total. The van der Waals surface area contributed by atoms with Crippen LogP contribution >= 0.6 is 22.7 Å². The van der Waals surface area contributed by atoms with Crippen molar-refractivity contribution in [3.63, 3.8) is 0 Å². The lowest BCUT2D eigenvalue weighted by Crippen LogP contribution is -2.33. The van der Waals surface area contributed by atoms with Crippen LogP contribution in [0.4, 0.5) is 10.8 Å². The van der Waals surface area contributed by atoms with Crippen molar-refractivity contribution < 1.29 is 4.79 Å². The van der Waals surface area contributed by atoms with Crippen LogP contribution < -0.4 is 10.6 Å². The highest BCUT2D eigenvalue weighted by Gasteiger charge is 2.20. The van der Waals surface area contributed by atoms with Gasteiger partial charge >= 0.3 is 0 Å². The van der Waals surface area contributed by atoms with Crippen LogP contribution in [0.5, 0.6) is 0 Å². The number of nitrogens with zero attached hydrogens (tertiary/aromatic N) is 2. The number of thiophene rings is 1. The van der Waals surface area contributed by atoms with Gasteiger partial charge < -0.3 is 15.5 Å². The number of carbonyl (C=O) groups excluding carboxylic acids is 1. The van der Waals surface area contributed by atoms with Gasteiger partial charge in [0.05, 0.1) is 9.58 Å². The van der Waals surface area contributed by atoms with E-state index >= 15 is 0 Å². The zero-order valence-electron chi connectivity index (χ0n) is 14.0. The minimum absolute atomic E-state index is 0.132. The molecule has 2 aromatic heterocycles. The second-order valence-corrected chi connectivity index (χ2v) is 8.20. The van der Waals surface area contributed by atoms with Gasteiger partial charge in [0.25, 0.3) is 5.91 Å². The Hall–Kier alpha value is -1.96. The highest BCUT2D eigenvalue weighted by atomic mass is 32.1. The molecule has 0 atom stereocenters. The molecule has 5 nitrogen and oxygen atoms in total. The van der Waals surface area contributed by atoms with E-state index in [4.69, 9.17) is 0 Å². The summed E-state index contributed by atoms with van der Waals surface area (Å²) in [6.07, 6.45) is 1.01. The topological polar surface area (TPSA) is 57.3 Å². The van der Waals surface area contributed by atoms with Crippen molar-refractivity contribution in [2.75, 3.05) is 31.5 Å². The van der Waals surface area contributed by atoms with Crippen LogP contribution in [0.3, 0.4) is 0 Å². The molecule has 0 radical (unpaired) electrons. The van der Waals surface area contributed by atoms with Gasteiger partial charge in [0.2, 0.25) is 0 Å². The molecule has 0 saturated carbocycles. The van der Waals surface area contributed by atoms with Crippen molar-refractivity contribution in [2.45, 2.75) is 13.3 Å². The van der Waals surface area contributed by atoms with Crippen molar-refractivity contribution in [1.29, 1.82) is 0 Å². The average molecular weight is 373 g/mol. The van der Waals surface area contributed by atoms with Crippen LogP contribution in [0.25, 0.3) is 9.53 Å². The monoisotopic (exact) mass is 372 g/mol. The maximum Gasteiger partial charge on any atom is 0.264 e. The molecule has 0 bridgehead atoms. The molecule has 1 saturated heterocycles. The van der Waals surface area contributed by atoms with Gasteiger partial charge in [-0.15, -0.1) is 11.3 Å². The molecule has 1 aromatic carbocycles. The molecule has 25 heavy (non-hydrogen) atoms. The molecule has 1 fully saturated rings. The van der Waals surface area contributed by atoms with Crippen molar-refractivity contribution in [1.82, 2.24) is 15.2 Å². The normalized spacial score (nSPS) is 15.3. The fourth-order valence-corrected chi connectivity index (χ4v) is 5.02. The van der Waals surface area contributed by atoms with Crippen LogP contribution in [-0.4, -0.2) is 42.0 Å². The number of rotatable bonds is 3. The predicted octanol–water partition coefficient (Wildman–Crippen LogP) is 3.85. The van der Waals surface area contributed by atoms with Crippen molar-refractivity contribution in [3.05, 3.63) is 40.8 Å². The van der Waals surface area contributed by atoms with Gasteiger partial charge in [-0.2, -0.15) is 0 Å². The summed E-state index contributed by atoms with van der Waals surface area (Å²) in [5, 5.41) is 7.58. The summed E-state index contributed by atoms with van der Waals surface area (Å²) in [5.41, 5.74) is 2.25. The molecule has 0 unspecified atom stereocenters. The summed E-state index contributed by atoms with van der Waals surface area (Å²) in [4.78, 5) is 21.0. The van der Waals surface area contributed by atoms with Crippen LogP contribution in [0.2, 0.25) is 0 Å². The van der Waals surface area contributed by atoms with Crippen LogP contribution in [0.15, 0.2) is 30.3 Å². The highest BCUT2D eigenvalue weighted by molar-refractivity contribution is 7.29. The van der Waals surface area contributed by atoms with E-state index in [1.807, 2.05) is 29.2 Å². The minimum Gasteiger partial charge on any atom is -0.337 e. The lowest BCUT2D eigenvalue weighted by Gasteiger charge is -2.18. The first kappa shape index (κ1) is 16.5. The number of hydrogen-bond donors (Lipinski definition) is 2. The van der Waals surface area contributed by atoms with Gasteiger partial charge in [0.1, 0.15) is 4.83 Å². The average Bonchev–Trinajstić information content (AvgIpc) is 3.03. The van der Waals surface area contributed by atoms with Gasteiger partial charge in [-0.05, 0) is 37.6 Å². The van der Waals surface area contributed by atoms with E-state index in [9.17, 15) is 4.79 Å². The third-order valence-corrected chi connectivity index (χ3v) is 6.38. The van der Waals surface area contributed by atoms with E-state index in [2.05, 4.69) is 28.6 Å². The van der Waals surface area contributed by atoms with E-state index < -0.39 is 0 Å². The smallest absolute Gasteiger partial charge is 0.264 e. The number of aryl methyl sites for hydroxylation is 1. The lowest BCUT2D eigenvalue weighted by atomic mass is 10.2. The first-order valence-corrected chi connectivity index (χ1v) is 10.1. The zero-order valence-corrected chi connectivity index (χ0v) is 15.7. The second kappa shape index (κ2) is 7.11. The van der Waals surface area contributed by atoms with Crippen molar-refractivity contribution in [3.8, 4) is 0 Å². The summed E-state index contributed by atoms with van der Waals surface area (Å²) in [6, 6.07) is 10.1. The Bertz CT molecular complexity index is 862. The molecule has 130 valence electrons. The Labute approximate surface area is 154 Å². The minimum atomic E-state index is 0.132. The number of amides is 1. The van der Waals surface area contributed by atoms with Crippen LogP contribution in [-0.2, 0) is 0 Å². The first-order valence-electron chi connectivity index (χ1n) is 8.44. The Kier molecular flexibility index (Phi) is 4.70. The third kappa shape index (κ3) is 3.53. The van der Waals surface area contributed by atoms with Crippen molar-refractivity contribution >= 4 is 48.9 Å². The fraction of sp³-hybridized carbons (Fsp3) is 0.333. The molecule has 3 aromatic rings. The summed E-state index contributed by atoms with van der Waals surface area (Å²) < 4.78 is 1.07. The largest absolute Gasteiger partial charge is 0.337 e. The Morgan fingerprint density at radius 3 is 2.96 bits per heavy atom. The predicted molar refractivity (Wildman–Crippen MR) is 105 cm³/mol. The van der Waals surface area contributed by atoms with Crippen LogP contribution in [0, 0.1) is 6.92 Å². The fourth-order valence-electron chi connectivity index (χ4n) is 2.93. The van der Waals surface area contributed by atoms with Gasteiger partial charge in [-0.25, -0.2) is 4.98 Å². The number of benzene rings is 1. The molecular weight excluding hydrogens is 352 g/mol. The van der Waals surface area contributed by atoms with E-state index in [0.29, 0.717) is 0 Å². The summed E-state index contributed by atoms with van der Waals surface area (Å²) >= 11 is 3.08. The molecule has 1 aliphatic rings. The summed E-state index contributed by atoms with van der Waals surface area (Å²) in [6.45, 7) is 5.53. The standard InChI is InChI=1S/C18H20N4OS2/c1-12-5-2-3-6-13(12)20-18-21-16-14(25-18)11-15(24-16)17(23)22-9-4-7-19-8-10-22/h2-3,5-6,11,19H,4,7-10H2,1H3,(H,20,21). The quantitative estimate of drug-likeness (QED) is 0.733. The van der Waals surface area contributed by atoms with Crippen LogP contribution in [0.1, 0.15) is 21.7 Å². The van der Waals surface area contributed by atoms with Crippen molar-refractivity contribution in [2.24, 2.45) is 0 Å². The number of para-hydroxylation sites is 1. The van der Waals surface area contributed by atoms with Gasteiger partial charge in [0, 0.05) is 25.3 Å². The molecular formula is C18H20N4OS2. The summed E-state index contributed by atoms with van der Waals surface area (Å²) in [5.74, 6) is 0.132. The SMILES string of the molecule is Cc1ccccc1Nc1nc2sc(C(=O)N3CCCNCC3)cc2s1. The Morgan fingerprint density at radius 1 is 1.24 bits per heavy atom. The number of carbonyl (C=O) groups is 1. The van der Waals surface area contributed by atoms with Gasteiger partial charge in [-0.3, -0.25) is 4.79 Å². The zero-order chi connectivity index (χ0) is 17.2. The van der Waals surface area contributed by atoms with Gasteiger partial charge in [-0.1, -0.05) is 29.5 Å². The van der Waals surface area contributed by atoms with E-state index in [-0.39, 0.29) is 5.91 Å². The maximum absolute atomic E-state index is 12.7. The van der Waals surface area contributed by atoms with E-state index in [1.165, 1.54) is 16.9 Å². The number of fused-ring (bicyclic) bond motifs is 1. The molecule has 7 heteroatoms. The maximum atomic E-state index is 12.7. The highest BCUT2D eigenvalue weighted by Crippen LogP contribution is 2.35. The molecule has 4 rings (SSSR count). The molecule has 0 spiro atoms. The summed E-state index contributed by atoms with van der Waals surface area (Å²) in [7, 11) is 0. The number of thiazole rings is 1. The molecule has 3 heterocycles. The lowest BCUT2D eigenvalue weighted by molar-refractivity contribution is 0.0771. The number of aromatic nitrogens is 1. The van der Waals surface area contributed by atoms with E-state index in [1.54, 1.807) is 11.3 Å². The Balaban J connectivity index is 1.53. The first-order chi connectivity index (χ1) is 12.2. The van der Waals surface area contributed by atoms with E-state index in [0.717, 1.165) is 57.8 Å². The third-order valence-electron chi connectivity index (χ3n) is 4.31.